The van der Waals surface area contributed by atoms with E-state index in [1.807, 2.05) is 12.1 Å². The van der Waals surface area contributed by atoms with Crippen molar-refractivity contribution in [3.05, 3.63) is 40.6 Å². The second kappa shape index (κ2) is 3.83. The molecule has 84 valence electrons. The number of benzene rings is 1. The lowest BCUT2D eigenvalue weighted by Crippen LogP contribution is -2.35. The van der Waals surface area contributed by atoms with Gasteiger partial charge in [0.05, 0.1) is 0 Å². The molecule has 0 saturated carbocycles. The second-order valence-electron chi connectivity index (χ2n) is 4.13. The van der Waals surface area contributed by atoms with Crippen molar-refractivity contribution in [2.75, 3.05) is 0 Å². The van der Waals surface area contributed by atoms with Crippen LogP contribution in [0.5, 0.6) is 0 Å². The molecule has 1 aromatic carbocycles. The van der Waals surface area contributed by atoms with Gasteiger partial charge in [0.15, 0.2) is 11.5 Å². The van der Waals surface area contributed by atoms with Gasteiger partial charge < -0.3 is 10.1 Å². The number of carbonyl (C=O) groups is 1. The summed E-state index contributed by atoms with van der Waals surface area (Å²) in [6.45, 7) is 3.60. The molecule has 1 aliphatic heterocycles. The van der Waals surface area contributed by atoms with E-state index in [9.17, 15) is 4.79 Å². The SMILES string of the molecule is CC1(C)NC(=O)/C(=C\c2ccc(Cl)cc2)O1. The van der Waals surface area contributed by atoms with Crippen LogP contribution < -0.4 is 5.32 Å². The van der Waals surface area contributed by atoms with E-state index in [1.165, 1.54) is 0 Å². The topological polar surface area (TPSA) is 38.3 Å². The van der Waals surface area contributed by atoms with E-state index in [1.54, 1.807) is 32.1 Å². The lowest BCUT2D eigenvalue weighted by Gasteiger charge is -2.15. The first-order valence-corrected chi connectivity index (χ1v) is 5.33. The summed E-state index contributed by atoms with van der Waals surface area (Å²) in [7, 11) is 0. The average Bonchev–Trinajstić information content (AvgIpc) is 2.44. The zero-order chi connectivity index (χ0) is 11.8. The summed E-state index contributed by atoms with van der Waals surface area (Å²) >= 11 is 5.77. The Morgan fingerprint density at radius 3 is 2.44 bits per heavy atom. The number of carbonyl (C=O) groups excluding carboxylic acids is 1. The van der Waals surface area contributed by atoms with Crippen LogP contribution in [0.2, 0.25) is 5.02 Å². The minimum atomic E-state index is -0.630. The van der Waals surface area contributed by atoms with Gasteiger partial charge in [-0.2, -0.15) is 0 Å². The Morgan fingerprint density at radius 2 is 1.94 bits per heavy atom. The van der Waals surface area contributed by atoms with Gasteiger partial charge in [0.25, 0.3) is 5.91 Å². The number of amides is 1. The highest BCUT2D eigenvalue weighted by Crippen LogP contribution is 2.22. The molecular formula is C12H12ClNO2. The van der Waals surface area contributed by atoms with Crippen LogP contribution in [0, 0.1) is 0 Å². The molecule has 0 spiro atoms. The van der Waals surface area contributed by atoms with Crippen LogP contribution in [-0.4, -0.2) is 11.6 Å². The number of rotatable bonds is 1. The summed E-state index contributed by atoms with van der Waals surface area (Å²) in [5.41, 5.74) is 0.252. The maximum Gasteiger partial charge on any atom is 0.289 e. The highest BCUT2D eigenvalue weighted by Gasteiger charge is 2.34. The predicted octanol–water partition coefficient (Wildman–Crippen LogP) is 2.56. The molecule has 1 N–H and O–H groups in total. The van der Waals surface area contributed by atoms with Crippen molar-refractivity contribution in [3.63, 3.8) is 0 Å². The van der Waals surface area contributed by atoms with Crippen molar-refractivity contribution in [1.82, 2.24) is 5.32 Å². The molecular weight excluding hydrogens is 226 g/mol. The van der Waals surface area contributed by atoms with Gasteiger partial charge in [-0.25, -0.2) is 0 Å². The molecule has 16 heavy (non-hydrogen) atoms. The zero-order valence-electron chi connectivity index (χ0n) is 9.08. The maximum absolute atomic E-state index is 11.5. The molecule has 1 aliphatic rings. The molecule has 1 heterocycles. The molecule has 0 unspecified atom stereocenters. The minimum absolute atomic E-state index is 0.194. The van der Waals surface area contributed by atoms with Crippen LogP contribution in [0.4, 0.5) is 0 Å². The summed E-state index contributed by atoms with van der Waals surface area (Å²) < 4.78 is 5.46. The molecule has 4 heteroatoms. The first-order chi connectivity index (χ1) is 7.46. The van der Waals surface area contributed by atoms with Gasteiger partial charge in [0.2, 0.25) is 0 Å². The average molecular weight is 238 g/mol. The summed E-state index contributed by atoms with van der Waals surface area (Å²) in [6, 6.07) is 7.20. The highest BCUT2D eigenvalue weighted by molar-refractivity contribution is 6.30. The molecule has 1 amide bonds. The lowest BCUT2D eigenvalue weighted by atomic mass is 10.2. The fourth-order valence-electron chi connectivity index (χ4n) is 1.49. The molecule has 0 aromatic heterocycles. The molecule has 1 saturated heterocycles. The van der Waals surface area contributed by atoms with Crippen LogP contribution in [0.3, 0.4) is 0 Å². The van der Waals surface area contributed by atoms with Crippen molar-refractivity contribution in [3.8, 4) is 0 Å². The normalized spacial score (nSPS) is 20.7. The molecule has 0 atom stereocenters. The smallest absolute Gasteiger partial charge is 0.289 e. The van der Waals surface area contributed by atoms with Crippen molar-refractivity contribution >= 4 is 23.6 Å². The molecule has 1 fully saturated rings. The fourth-order valence-corrected chi connectivity index (χ4v) is 1.61. The zero-order valence-corrected chi connectivity index (χ0v) is 9.84. The largest absolute Gasteiger partial charge is 0.463 e. The van der Waals surface area contributed by atoms with E-state index in [0.29, 0.717) is 10.8 Å². The summed E-state index contributed by atoms with van der Waals surface area (Å²) in [4.78, 5) is 11.5. The summed E-state index contributed by atoms with van der Waals surface area (Å²) in [5, 5.41) is 3.39. The predicted molar refractivity (Wildman–Crippen MR) is 62.7 cm³/mol. The Labute approximate surface area is 99.1 Å². The Bertz CT molecular complexity index is 449. The van der Waals surface area contributed by atoms with Crippen molar-refractivity contribution < 1.29 is 9.53 Å². The molecule has 0 aliphatic carbocycles. The Kier molecular flexibility index (Phi) is 2.64. The van der Waals surface area contributed by atoms with Gasteiger partial charge in [-0.05, 0) is 37.6 Å². The second-order valence-corrected chi connectivity index (χ2v) is 4.56. The Morgan fingerprint density at radius 1 is 1.31 bits per heavy atom. The van der Waals surface area contributed by atoms with E-state index >= 15 is 0 Å². The highest BCUT2D eigenvalue weighted by atomic mass is 35.5. The van der Waals surface area contributed by atoms with Crippen LogP contribution >= 0.6 is 11.6 Å². The third kappa shape index (κ3) is 2.36. The minimum Gasteiger partial charge on any atom is -0.463 e. The van der Waals surface area contributed by atoms with Crippen molar-refractivity contribution in [2.45, 2.75) is 19.6 Å². The van der Waals surface area contributed by atoms with Crippen molar-refractivity contribution in [1.29, 1.82) is 0 Å². The third-order valence-corrected chi connectivity index (χ3v) is 2.42. The van der Waals surface area contributed by atoms with Crippen molar-refractivity contribution in [2.24, 2.45) is 0 Å². The van der Waals surface area contributed by atoms with Gasteiger partial charge in [0, 0.05) is 5.02 Å². The first-order valence-electron chi connectivity index (χ1n) is 4.95. The van der Waals surface area contributed by atoms with Gasteiger partial charge in [0.1, 0.15) is 0 Å². The monoisotopic (exact) mass is 237 g/mol. The fraction of sp³-hybridized carbons (Fsp3) is 0.250. The molecule has 1 aromatic rings. The van der Waals surface area contributed by atoms with Gasteiger partial charge >= 0.3 is 0 Å². The molecule has 2 rings (SSSR count). The first kappa shape index (κ1) is 11.0. The molecule has 0 radical (unpaired) electrons. The quantitative estimate of drug-likeness (QED) is 0.763. The van der Waals surface area contributed by atoms with Crippen LogP contribution in [-0.2, 0) is 9.53 Å². The summed E-state index contributed by atoms with van der Waals surface area (Å²) in [6.07, 6.45) is 1.69. The third-order valence-electron chi connectivity index (χ3n) is 2.17. The number of ether oxygens (including phenoxy) is 1. The van der Waals surface area contributed by atoms with E-state index in [-0.39, 0.29) is 5.91 Å². The number of halogens is 1. The van der Waals surface area contributed by atoms with E-state index in [0.717, 1.165) is 5.56 Å². The van der Waals surface area contributed by atoms with E-state index < -0.39 is 5.72 Å². The van der Waals surface area contributed by atoms with Crippen LogP contribution in [0.25, 0.3) is 6.08 Å². The van der Waals surface area contributed by atoms with E-state index in [2.05, 4.69) is 5.32 Å². The van der Waals surface area contributed by atoms with E-state index in [4.69, 9.17) is 16.3 Å². The molecule has 0 bridgehead atoms. The van der Waals surface area contributed by atoms with Gasteiger partial charge in [-0.3, -0.25) is 4.79 Å². The lowest BCUT2D eigenvalue weighted by molar-refractivity contribution is -0.116. The number of hydrogen-bond acceptors (Lipinski definition) is 2. The maximum atomic E-state index is 11.5. The summed E-state index contributed by atoms with van der Waals surface area (Å²) in [5.74, 6) is 0.132. The number of hydrogen-bond donors (Lipinski definition) is 1. The Hall–Kier alpha value is -1.48. The van der Waals surface area contributed by atoms with Gasteiger partial charge in [-0.15, -0.1) is 0 Å². The van der Waals surface area contributed by atoms with Crippen LogP contribution in [0.15, 0.2) is 30.0 Å². The Balaban J connectivity index is 2.25. The standard InChI is InChI=1S/C12H12ClNO2/c1-12(2)14-11(15)10(16-12)7-8-3-5-9(13)6-4-8/h3-7H,1-2H3,(H,14,15)/b10-7+. The van der Waals surface area contributed by atoms with Gasteiger partial charge in [-0.1, -0.05) is 23.7 Å². The molecule has 3 nitrogen and oxygen atoms in total. The number of nitrogens with one attached hydrogen (secondary N) is 1. The van der Waals surface area contributed by atoms with Crippen LogP contribution in [0.1, 0.15) is 19.4 Å².